The zero-order chi connectivity index (χ0) is 40.5. The van der Waals surface area contributed by atoms with Gasteiger partial charge in [-0.05, 0) is 0 Å². The molecule has 54 heavy (non-hydrogen) atoms. The third-order valence-corrected chi connectivity index (χ3v) is 29.5. The predicted octanol–water partition coefficient (Wildman–Crippen LogP) is 14.1. The molecule has 0 amide bonds. The van der Waals surface area contributed by atoms with Crippen LogP contribution in [0.5, 0.6) is 0 Å². The molecule has 0 saturated carbocycles. The molecule has 0 aromatic heterocycles. The molecular formula is C44H82O6P2S2. The van der Waals surface area contributed by atoms with Crippen LogP contribution in [0.25, 0.3) is 0 Å². The van der Waals surface area contributed by atoms with Gasteiger partial charge in [0.15, 0.2) is 0 Å². The molecule has 0 spiro atoms. The van der Waals surface area contributed by atoms with Gasteiger partial charge in [-0.3, -0.25) is 0 Å². The van der Waals surface area contributed by atoms with E-state index in [1.54, 1.807) is 48.5 Å². The average Bonchev–Trinajstić information content (AvgIpc) is 3.19. The molecular weight excluding hydrogens is 751 g/mol. The van der Waals surface area contributed by atoms with Gasteiger partial charge >= 0.3 is 337 Å². The molecule has 0 unspecified atom stereocenters. The van der Waals surface area contributed by atoms with E-state index in [2.05, 4.69) is 55.4 Å². The Morgan fingerprint density at radius 2 is 0.537 bits per heavy atom. The molecule has 0 heterocycles. The molecule has 0 fully saturated rings. The van der Waals surface area contributed by atoms with E-state index in [0.717, 1.165) is 152 Å². The molecule has 0 saturated heterocycles. The first kappa shape index (κ1) is 51.1. The van der Waals surface area contributed by atoms with Crippen LogP contribution in [0.1, 0.15) is 158 Å². The van der Waals surface area contributed by atoms with Gasteiger partial charge in [-0.15, -0.1) is 0 Å². The van der Waals surface area contributed by atoms with Crippen LogP contribution in [0.3, 0.4) is 0 Å². The van der Waals surface area contributed by atoms with Crippen molar-refractivity contribution in [3.8, 4) is 0 Å². The topological polar surface area (TPSA) is 86.7 Å². The number of unbranched alkanes of at least 4 members (excludes halogenated alkanes) is 8. The second-order valence-corrected chi connectivity index (χ2v) is 31.0. The second kappa shape index (κ2) is 25.5. The van der Waals surface area contributed by atoms with Crippen LogP contribution in [0.4, 0.5) is 0 Å². The van der Waals surface area contributed by atoms with Gasteiger partial charge in [0.25, 0.3) is 0 Å². The molecule has 316 valence electrons. The molecule has 0 atom stereocenters. The van der Waals surface area contributed by atoms with Crippen LogP contribution in [0.15, 0.2) is 70.5 Å². The minimum atomic E-state index is -3.74. The predicted molar refractivity (Wildman–Crippen MR) is 241 cm³/mol. The standard InChI is InChI=1S/2C22H41O3PS/c2*1-5-9-18-26(19-10-6-2,20-11-7-3,21-12-8-4)25-27(23,24)22-16-14-13-15-17-22/h2*13-17H,5-12,18-21H2,1-4H3. The molecule has 0 aliphatic rings. The van der Waals surface area contributed by atoms with E-state index in [1.165, 1.54) is 0 Å². The van der Waals surface area contributed by atoms with E-state index < -0.39 is 33.9 Å². The third-order valence-electron chi connectivity index (χ3n) is 11.3. The van der Waals surface area contributed by atoms with E-state index in [0.29, 0.717) is 9.79 Å². The van der Waals surface area contributed by atoms with E-state index in [-0.39, 0.29) is 0 Å². The van der Waals surface area contributed by atoms with E-state index in [4.69, 9.17) is 7.94 Å². The molecule has 0 N–H and O–H groups in total. The van der Waals surface area contributed by atoms with Crippen molar-refractivity contribution in [3.05, 3.63) is 60.7 Å². The number of rotatable bonds is 30. The van der Waals surface area contributed by atoms with Crippen molar-refractivity contribution in [2.45, 2.75) is 168 Å². The summed E-state index contributed by atoms with van der Waals surface area (Å²) in [5.74, 6) is 0. The normalized spacial score (nSPS) is 14.0. The van der Waals surface area contributed by atoms with Crippen LogP contribution in [0, 0.1) is 0 Å². The fraction of sp³-hybridized carbons (Fsp3) is 0.727. The van der Waals surface area contributed by atoms with Crippen molar-refractivity contribution >= 4 is 33.9 Å². The summed E-state index contributed by atoms with van der Waals surface area (Å²) < 4.78 is 66.3. The number of benzene rings is 2. The Labute approximate surface area is 335 Å². The van der Waals surface area contributed by atoms with E-state index in [1.807, 2.05) is 12.1 Å². The van der Waals surface area contributed by atoms with E-state index in [9.17, 15) is 16.8 Å². The Balaban J connectivity index is 0.000000540. The number of hydrogen-bond donors (Lipinski definition) is 0. The first-order valence-electron chi connectivity index (χ1n) is 21.8. The fourth-order valence-electron chi connectivity index (χ4n) is 7.92. The molecule has 2 rings (SSSR count). The minimum absolute atomic E-state index is 0.306. The molecule has 0 radical (unpaired) electrons. The summed E-state index contributed by atoms with van der Waals surface area (Å²) in [4.78, 5) is 0.611. The molecule has 10 heteroatoms. The fourth-order valence-corrected chi connectivity index (χ4v) is 28.0. The van der Waals surface area contributed by atoms with Gasteiger partial charge in [-0.25, -0.2) is 0 Å². The van der Waals surface area contributed by atoms with Crippen LogP contribution < -0.4 is 0 Å². The molecule has 2 aromatic carbocycles. The Bertz CT molecular complexity index is 1280. The zero-order valence-corrected chi connectivity index (χ0v) is 39.3. The first-order valence-corrected chi connectivity index (χ1v) is 30.4. The summed E-state index contributed by atoms with van der Waals surface area (Å²) in [7, 11) is -7.48. The van der Waals surface area contributed by atoms with Gasteiger partial charge in [0, 0.05) is 0 Å². The van der Waals surface area contributed by atoms with Gasteiger partial charge in [0.05, 0.1) is 0 Å². The Morgan fingerprint density at radius 3 is 0.704 bits per heavy atom. The SMILES string of the molecule is CCCCP(CCCC)(CCCC)(CCCC)OS(=O)(=O)c1ccccc1.CCCCP(CCCC)(CCCC)(CCCC)OS(=O)(=O)c1ccccc1. The third kappa shape index (κ3) is 16.2. The monoisotopic (exact) mass is 833 g/mol. The van der Waals surface area contributed by atoms with Crippen LogP contribution in [-0.4, -0.2) is 66.1 Å². The first-order chi connectivity index (χ1) is 25.7. The average molecular weight is 833 g/mol. The summed E-state index contributed by atoms with van der Waals surface area (Å²) >= 11 is 0. The summed E-state index contributed by atoms with van der Waals surface area (Å²) in [6.45, 7) is 11.9. The summed E-state index contributed by atoms with van der Waals surface area (Å²) in [5, 5.41) is 0. The summed E-state index contributed by atoms with van der Waals surface area (Å²) in [6.07, 6.45) is 24.7. The van der Waals surface area contributed by atoms with Crippen molar-refractivity contribution in [2.75, 3.05) is 49.3 Å². The zero-order valence-electron chi connectivity index (χ0n) is 35.9. The second-order valence-electron chi connectivity index (χ2n) is 16.0. The van der Waals surface area contributed by atoms with Crippen LogP contribution >= 0.6 is 13.7 Å². The molecule has 2 aromatic rings. The van der Waals surface area contributed by atoms with Crippen LogP contribution in [-0.2, 0) is 28.2 Å². The molecule has 0 aliphatic heterocycles. The number of hydrogen-bond acceptors (Lipinski definition) is 6. The Hall–Kier alpha value is -0.880. The van der Waals surface area contributed by atoms with Gasteiger partial charge in [-0.1, -0.05) is 0 Å². The summed E-state index contributed by atoms with van der Waals surface area (Å²) in [5.41, 5.74) is 0. The van der Waals surface area contributed by atoms with Gasteiger partial charge in [0.2, 0.25) is 0 Å². The Morgan fingerprint density at radius 1 is 0.352 bits per heavy atom. The maximum atomic E-state index is 13.3. The maximum absolute atomic E-state index is 13.3. The van der Waals surface area contributed by atoms with Gasteiger partial charge in [0.1, 0.15) is 0 Å². The van der Waals surface area contributed by atoms with Gasteiger partial charge in [-0.2, -0.15) is 0 Å². The van der Waals surface area contributed by atoms with Crippen molar-refractivity contribution in [1.82, 2.24) is 0 Å². The Kier molecular flexibility index (Phi) is 24.1. The molecule has 0 aliphatic carbocycles. The van der Waals surface area contributed by atoms with Gasteiger partial charge < -0.3 is 0 Å². The van der Waals surface area contributed by atoms with Crippen molar-refractivity contribution in [3.63, 3.8) is 0 Å². The van der Waals surface area contributed by atoms with Crippen LogP contribution in [0.2, 0.25) is 0 Å². The van der Waals surface area contributed by atoms with Crippen molar-refractivity contribution < 1.29 is 24.8 Å². The molecule has 6 nitrogen and oxygen atoms in total. The van der Waals surface area contributed by atoms with Crippen molar-refractivity contribution in [1.29, 1.82) is 0 Å². The quantitative estimate of drug-likeness (QED) is 0.0729. The van der Waals surface area contributed by atoms with Crippen molar-refractivity contribution in [2.24, 2.45) is 0 Å². The van der Waals surface area contributed by atoms with E-state index >= 15 is 0 Å². The molecule has 0 bridgehead atoms. The summed E-state index contributed by atoms with van der Waals surface area (Å²) in [6, 6.07) is 17.5.